The Bertz CT molecular complexity index is 956. The molecule has 0 bridgehead atoms. The van der Waals surface area contributed by atoms with Crippen LogP contribution in [0.15, 0.2) is 0 Å². The zero-order valence-corrected chi connectivity index (χ0v) is 36.7. The van der Waals surface area contributed by atoms with E-state index >= 15 is 0 Å². The standard InChI is InChI=1S/2C10H18O2.2C8H16O.2C4H6O3/c2*1-8(12-9(2)11)10-6-4-3-5-7-10;2*1-7(9)8-5-3-2-4-6-8;2*1-3(5)7-4(2)6/h2*8,10H,3-7H2,1-2H3;2*7-9H,2-6H2,1H3;2*1-2H3/t2*8-;2*7-;;/m1010../s1. The van der Waals surface area contributed by atoms with Gasteiger partial charge in [-0.2, -0.15) is 0 Å². The lowest BCUT2D eigenvalue weighted by molar-refractivity contribution is -0.158. The van der Waals surface area contributed by atoms with Crippen LogP contribution in [0.2, 0.25) is 0 Å². The van der Waals surface area contributed by atoms with Crippen LogP contribution in [0, 0.1) is 23.7 Å². The molecular weight excluding hydrogens is 720 g/mol. The van der Waals surface area contributed by atoms with E-state index in [-0.39, 0.29) is 36.4 Å². The third-order valence-electron chi connectivity index (χ3n) is 10.6. The van der Waals surface area contributed by atoms with E-state index in [1.807, 2.05) is 27.7 Å². The van der Waals surface area contributed by atoms with Gasteiger partial charge in [0.2, 0.25) is 0 Å². The van der Waals surface area contributed by atoms with E-state index in [0.717, 1.165) is 0 Å². The monoisotopic (exact) mass is 801 g/mol. The van der Waals surface area contributed by atoms with Crippen molar-refractivity contribution in [2.24, 2.45) is 23.7 Å². The first-order chi connectivity index (χ1) is 26.3. The summed E-state index contributed by atoms with van der Waals surface area (Å²) in [4.78, 5) is 60.6. The van der Waals surface area contributed by atoms with E-state index in [2.05, 4.69) is 9.47 Å². The molecule has 0 aromatic heterocycles. The molecule has 0 amide bonds. The zero-order valence-electron chi connectivity index (χ0n) is 36.7. The molecule has 2 N–H and O–H groups in total. The largest absolute Gasteiger partial charge is 0.463 e. The summed E-state index contributed by atoms with van der Waals surface area (Å²) in [5.41, 5.74) is 0. The van der Waals surface area contributed by atoms with Crippen LogP contribution >= 0.6 is 0 Å². The van der Waals surface area contributed by atoms with Gasteiger partial charge in [0.05, 0.1) is 12.2 Å². The van der Waals surface area contributed by atoms with Crippen LogP contribution in [0.1, 0.15) is 198 Å². The van der Waals surface area contributed by atoms with Gasteiger partial charge < -0.3 is 29.2 Å². The number of ether oxygens (including phenoxy) is 4. The molecule has 4 aliphatic rings. The molecule has 0 aliphatic heterocycles. The Morgan fingerprint density at radius 1 is 0.357 bits per heavy atom. The Kier molecular flexibility index (Phi) is 33.7. The van der Waals surface area contributed by atoms with Crippen LogP contribution in [0.3, 0.4) is 0 Å². The summed E-state index contributed by atoms with van der Waals surface area (Å²) in [7, 11) is 0. The molecule has 0 heterocycles. The van der Waals surface area contributed by atoms with Gasteiger partial charge in [0.25, 0.3) is 0 Å². The fourth-order valence-electron chi connectivity index (χ4n) is 7.56. The highest BCUT2D eigenvalue weighted by Crippen LogP contribution is 2.29. The minimum absolute atomic E-state index is 0.0645. The molecule has 4 aliphatic carbocycles. The fourth-order valence-corrected chi connectivity index (χ4v) is 7.56. The second-order valence-electron chi connectivity index (χ2n) is 15.9. The number of rotatable bonds is 6. The first-order valence-electron chi connectivity index (χ1n) is 21.3. The number of aliphatic hydroxyl groups excluding tert-OH is 2. The third kappa shape index (κ3) is 34.4. The molecule has 0 radical (unpaired) electrons. The van der Waals surface area contributed by atoms with E-state index in [4.69, 9.17) is 9.47 Å². The average molecular weight is 801 g/mol. The van der Waals surface area contributed by atoms with E-state index in [1.165, 1.54) is 170 Å². The first-order valence-corrected chi connectivity index (χ1v) is 21.3. The number of hydrogen-bond acceptors (Lipinski definition) is 12. The maximum Gasteiger partial charge on any atom is 0.310 e. The van der Waals surface area contributed by atoms with Crippen LogP contribution in [0.5, 0.6) is 0 Å². The second-order valence-corrected chi connectivity index (χ2v) is 15.9. The molecule has 0 aromatic carbocycles. The maximum absolute atomic E-state index is 10.7. The highest BCUT2D eigenvalue weighted by molar-refractivity contribution is 5.82. The molecule has 0 spiro atoms. The van der Waals surface area contributed by atoms with E-state index < -0.39 is 23.9 Å². The summed E-state index contributed by atoms with van der Waals surface area (Å²) in [6.45, 7) is 15.5. The fraction of sp³-hybridized carbons (Fsp3) is 0.864. The zero-order chi connectivity index (χ0) is 43.1. The summed E-state index contributed by atoms with van der Waals surface area (Å²) < 4.78 is 18.2. The van der Waals surface area contributed by atoms with Crippen molar-refractivity contribution in [3.05, 3.63) is 0 Å². The van der Waals surface area contributed by atoms with Gasteiger partial charge in [-0.1, -0.05) is 77.0 Å². The van der Waals surface area contributed by atoms with E-state index in [0.29, 0.717) is 23.7 Å². The van der Waals surface area contributed by atoms with Crippen molar-refractivity contribution in [1.29, 1.82) is 0 Å². The van der Waals surface area contributed by atoms with Crippen molar-refractivity contribution < 1.29 is 57.9 Å². The highest BCUT2D eigenvalue weighted by atomic mass is 16.6. The SMILES string of the molecule is CC(=O)OC(C)=O.CC(=O)OC(C)=O.CC(=O)O[C@@H](C)C1CCCCC1.CC(=O)O[C@H](C)C1CCCCC1.C[C@@H](O)C1CCCCC1.C[C@H](O)C1CCCCC1. The molecule has 12 heteroatoms. The predicted molar refractivity (Wildman–Crippen MR) is 217 cm³/mol. The van der Waals surface area contributed by atoms with Crippen molar-refractivity contribution in [2.75, 3.05) is 0 Å². The first kappa shape index (κ1) is 55.2. The second kappa shape index (κ2) is 34.2. The highest BCUT2D eigenvalue weighted by Gasteiger charge is 2.23. The molecule has 328 valence electrons. The molecule has 12 nitrogen and oxygen atoms in total. The molecule has 56 heavy (non-hydrogen) atoms. The van der Waals surface area contributed by atoms with Crippen LogP contribution in [0.25, 0.3) is 0 Å². The van der Waals surface area contributed by atoms with Crippen molar-refractivity contribution >= 4 is 35.8 Å². The lowest BCUT2D eigenvalue weighted by atomic mass is 9.86. The molecule has 4 fully saturated rings. The summed E-state index contributed by atoms with van der Waals surface area (Å²) in [6.07, 6.45) is 26.0. The minimum atomic E-state index is -0.562. The van der Waals surface area contributed by atoms with Gasteiger partial charge in [-0.15, -0.1) is 0 Å². The van der Waals surface area contributed by atoms with Gasteiger partial charge in [-0.05, 0) is 103 Å². The Morgan fingerprint density at radius 2 is 0.554 bits per heavy atom. The van der Waals surface area contributed by atoms with Crippen molar-refractivity contribution in [3.8, 4) is 0 Å². The molecule has 0 saturated heterocycles. The number of carbonyl (C=O) groups excluding carboxylic acids is 6. The molecule has 0 aromatic rings. The molecule has 4 atom stereocenters. The number of esters is 6. The van der Waals surface area contributed by atoms with Gasteiger partial charge in [-0.25, -0.2) is 0 Å². The van der Waals surface area contributed by atoms with Gasteiger partial charge in [-0.3, -0.25) is 28.8 Å². The Balaban J connectivity index is 0. The van der Waals surface area contributed by atoms with Gasteiger partial charge in [0.1, 0.15) is 12.2 Å². The topological polar surface area (TPSA) is 180 Å². The van der Waals surface area contributed by atoms with Crippen molar-refractivity contribution in [1.82, 2.24) is 0 Å². The normalized spacial score (nSPS) is 19.6. The van der Waals surface area contributed by atoms with Gasteiger partial charge >= 0.3 is 35.8 Å². The summed E-state index contributed by atoms with van der Waals surface area (Å²) in [5.74, 6) is -0.0936. The lowest BCUT2D eigenvalue weighted by Gasteiger charge is -2.26. The number of carbonyl (C=O) groups is 6. The minimum Gasteiger partial charge on any atom is -0.463 e. The van der Waals surface area contributed by atoms with Gasteiger partial charge in [0.15, 0.2) is 0 Å². The Morgan fingerprint density at radius 3 is 0.679 bits per heavy atom. The molecule has 0 unspecified atom stereocenters. The smallest absolute Gasteiger partial charge is 0.310 e. The number of aliphatic hydroxyl groups is 2. The van der Waals surface area contributed by atoms with Crippen LogP contribution in [0.4, 0.5) is 0 Å². The average Bonchev–Trinajstić information content (AvgIpc) is 3.13. The summed E-state index contributed by atoms with van der Waals surface area (Å²) in [5, 5.41) is 18.4. The maximum atomic E-state index is 10.7. The number of hydrogen-bond donors (Lipinski definition) is 2. The quantitative estimate of drug-likeness (QED) is 0.148. The molecule has 4 saturated carbocycles. The van der Waals surface area contributed by atoms with E-state index in [9.17, 15) is 39.0 Å². The van der Waals surface area contributed by atoms with Crippen molar-refractivity contribution in [2.45, 2.75) is 222 Å². The Hall–Kier alpha value is -2.86. The molecule has 4 rings (SSSR count). The van der Waals surface area contributed by atoms with E-state index in [1.54, 1.807) is 0 Å². The summed E-state index contributed by atoms with van der Waals surface area (Å²) >= 11 is 0. The predicted octanol–water partition coefficient (Wildman–Crippen LogP) is 9.12. The third-order valence-corrected chi connectivity index (χ3v) is 10.6. The van der Waals surface area contributed by atoms with Crippen LogP contribution in [-0.4, -0.2) is 70.4 Å². The molecular formula is C44H80O12. The van der Waals surface area contributed by atoms with Gasteiger partial charge in [0, 0.05) is 41.5 Å². The summed E-state index contributed by atoms with van der Waals surface area (Å²) in [6, 6.07) is 0. The lowest BCUT2D eigenvalue weighted by Crippen LogP contribution is -2.24. The van der Waals surface area contributed by atoms with Crippen LogP contribution in [-0.2, 0) is 47.7 Å². The van der Waals surface area contributed by atoms with Crippen LogP contribution < -0.4 is 0 Å². The Labute approximate surface area is 338 Å². The van der Waals surface area contributed by atoms with Crippen molar-refractivity contribution in [3.63, 3.8) is 0 Å².